The van der Waals surface area contributed by atoms with Gasteiger partial charge in [0, 0.05) is 12.3 Å². The third kappa shape index (κ3) is 3.53. The number of aromatic nitrogens is 2. The summed E-state index contributed by atoms with van der Waals surface area (Å²) in [5.74, 6) is 2.12. The number of nitrogens with one attached hydrogen (secondary N) is 1. The van der Waals surface area contributed by atoms with Crippen LogP contribution in [0.1, 0.15) is 12.5 Å². The van der Waals surface area contributed by atoms with E-state index in [0.717, 1.165) is 33.1 Å². The van der Waals surface area contributed by atoms with Crippen LogP contribution in [0.15, 0.2) is 16.5 Å². The number of anilines is 1. The number of hydrogen-bond donors (Lipinski definition) is 1. The minimum absolute atomic E-state index is 0.540. The minimum Gasteiger partial charge on any atom is -0.486 e. The molecular weight excluding hydrogens is 330 g/mol. The summed E-state index contributed by atoms with van der Waals surface area (Å²) in [6.45, 7) is 3.98. The SMILES string of the molecule is CCNc1nnc(SCc2cc(Cl)c3c(c2)OCCO3)s1. The molecule has 0 radical (unpaired) electrons. The Kier molecular flexibility index (Phi) is 4.72. The van der Waals surface area contributed by atoms with E-state index in [2.05, 4.69) is 15.5 Å². The van der Waals surface area contributed by atoms with E-state index < -0.39 is 0 Å². The van der Waals surface area contributed by atoms with Crippen molar-refractivity contribution in [2.24, 2.45) is 0 Å². The normalized spacial score (nSPS) is 13.2. The molecule has 0 spiro atoms. The minimum atomic E-state index is 0.540. The molecule has 1 aromatic carbocycles. The Morgan fingerprint density at radius 1 is 1.33 bits per heavy atom. The highest BCUT2D eigenvalue weighted by molar-refractivity contribution is 8.00. The molecular formula is C13H14ClN3O2S2. The molecule has 0 amide bonds. The summed E-state index contributed by atoms with van der Waals surface area (Å²) in [5, 5.41) is 12.8. The van der Waals surface area contributed by atoms with Crippen molar-refractivity contribution in [3.8, 4) is 11.5 Å². The van der Waals surface area contributed by atoms with Crippen LogP contribution in [-0.4, -0.2) is 30.0 Å². The number of fused-ring (bicyclic) bond motifs is 1. The summed E-state index contributed by atoms with van der Waals surface area (Å²) in [4.78, 5) is 0. The molecule has 0 unspecified atom stereocenters. The Balaban J connectivity index is 1.68. The second-order valence-electron chi connectivity index (χ2n) is 4.29. The Bertz CT molecular complexity index is 636. The van der Waals surface area contributed by atoms with E-state index in [4.69, 9.17) is 21.1 Å². The first-order valence-corrected chi connectivity index (χ1v) is 8.72. The summed E-state index contributed by atoms with van der Waals surface area (Å²) in [7, 11) is 0. The van der Waals surface area contributed by atoms with Gasteiger partial charge >= 0.3 is 0 Å². The maximum atomic E-state index is 6.22. The lowest BCUT2D eigenvalue weighted by Crippen LogP contribution is -2.15. The lowest BCUT2D eigenvalue weighted by Gasteiger charge is -2.20. The van der Waals surface area contributed by atoms with E-state index in [9.17, 15) is 0 Å². The standard InChI is InChI=1S/C13H14ClN3O2S2/c1-2-15-12-16-17-13(21-12)20-7-8-5-9(14)11-10(6-8)18-3-4-19-11/h5-6H,2-4,7H2,1H3,(H,15,16). The molecule has 1 N–H and O–H groups in total. The van der Waals surface area contributed by atoms with E-state index in [0.29, 0.717) is 24.0 Å². The van der Waals surface area contributed by atoms with Gasteiger partial charge in [0.15, 0.2) is 15.8 Å². The van der Waals surface area contributed by atoms with E-state index in [1.54, 1.807) is 23.1 Å². The van der Waals surface area contributed by atoms with Crippen molar-refractivity contribution < 1.29 is 9.47 Å². The van der Waals surface area contributed by atoms with Crippen LogP contribution in [-0.2, 0) is 5.75 Å². The van der Waals surface area contributed by atoms with Crippen molar-refractivity contribution in [1.82, 2.24) is 10.2 Å². The first kappa shape index (κ1) is 14.7. The molecule has 0 bridgehead atoms. The van der Waals surface area contributed by atoms with Gasteiger partial charge in [0.25, 0.3) is 0 Å². The predicted molar refractivity (Wildman–Crippen MR) is 86.1 cm³/mol. The molecule has 21 heavy (non-hydrogen) atoms. The molecule has 3 rings (SSSR count). The molecule has 8 heteroatoms. The van der Waals surface area contributed by atoms with Crippen molar-refractivity contribution in [2.45, 2.75) is 17.0 Å². The van der Waals surface area contributed by atoms with Crippen LogP contribution in [0, 0.1) is 0 Å². The first-order chi connectivity index (χ1) is 10.3. The molecule has 1 aliphatic heterocycles. The first-order valence-electron chi connectivity index (χ1n) is 6.54. The smallest absolute Gasteiger partial charge is 0.206 e. The predicted octanol–water partition coefficient (Wildman–Crippen LogP) is 3.69. The van der Waals surface area contributed by atoms with E-state index in [1.165, 1.54) is 0 Å². The van der Waals surface area contributed by atoms with Crippen molar-refractivity contribution in [2.75, 3.05) is 25.1 Å². The molecule has 0 aliphatic carbocycles. The van der Waals surface area contributed by atoms with E-state index in [1.807, 2.05) is 19.1 Å². The van der Waals surface area contributed by atoms with Gasteiger partial charge in [0.1, 0.15) is 13.2 Å². The Morgan fingerprint density at radius 2 is 2.19 bits per heavy atom. The van der Waals surface area contributed by atoms with E-state index in [-0.39, 0.29) is 0 Å². The van der Waals surface area contributed by atoms with Crippen LogP contribution >= 0.6 is 34.7 Å². The quantitative estimate of drug-likeness (QED) is 0.836. The van der Waals surface area contributed by atoms with Crippen molar-refractivity contribution in [3.63, 3.8) is 0 Å². The molecule has 0 saturated carbocycles. The number of ether oxygens (including phenoxy) is 2. The zero-order valence-electron chi connectivity index (χ0n) is 11.4. The summed E-state index contributed by atoms with van der Waals surface area (Å²) in [5.41, 5.74) is 1.08. The Hall–Kier alpha value is -1.18. The Labute approximate surface area is 136 Å². The zero-order chi connectivity index (χ0) is 14.7. The zero-order valence-corrected chi connectivity index (χ0v) is 13.8. The maximum Gasteiger partial charge on any atom is 0.206 e. The topological polar surface area (TPSA) is 56.3 Å². The highest BCUT2D eigenvalue weighted by Crippen LogP contribution is 2.39. The molecule has 112 valence electrons. The van der Waals surface area contributed by atoms with Crippen LogP contribution in [0.5, 0.6) is 11.5 Å². The van der Waals surface area contributed by atoms with Gasteiger partial charge in [-0.3, -0.25) is 0 Å². The lowest BCUT2D eigenvalue weighted by molar-refractivity contribution is 0.171. The number of rotatable bonds is 5. The van der Waals surface area contributed by atoms with Crippen molar-refractivity contribution >= 4 is 39.8 Å². The monoisotopic (exact) mass is 343 g/mol. The average Bonchev–Trinajstić information content (AvgIpc) is 2.93. The fourth-order valence-electron chi connectivity index (χ4n) is 1.88. The van der Waals surface area contributed by atoms with Gasteiger partial charge in [-0.1, -0.05) is 34.7 Å². The van der Waals surface area contributed by atoms with Gasteiger partial charge in [-0.05, 0) is 24.6 Å². The van der Waals surface area contributed by atoms with Crippen molar-refractivity contribution in [1.29, 1.82) is 0 Å². The third-order valence-corrected chi connectivity index (χ3v) is 5.12. The molecule has 0 fully saturated rings. The highest BCUT2D eigenvalue weighted by Gasteiger charge is 2.17. The van der Waals surface area contributed by atoms with Crippen molar-refractivity contribution in [3.05, 3.63) is 22.7 Å². The Morgan fingerprint density at radius 3 is 3.05 bits per heavy atom. The lowest BCUT2D eigenvalue weighted by atomic mass is 10.2. The second kappa shape index (κ2) is 6.72. The van der Waals surface area contributed by atoms with Crippen LogP contribution in [0.4, 0.5) is 5.13 Å². The van der Waals surface area contributed by atoms with Crippen LogP contribution in [0.3, 0.4) is 0 Å². The fourth-order valence-corrected chi connectivity index (χ4v) is 3.92. The third-order valence-electron chi connectivity index (χ3n) is 2.75. The van der Waals surface area contributed by atoms with Gasteiger partial charge in [0.2, 0.25) is 5.13 Å². The molecule has 0 saturated heterocycles. The fraction of sp³-hybridized carbons (Fsp3) is 0.385. The molecule has 2 heterocycles. The largest absolute Gasteiger partial charge is 0.486 e. The average molecular weight is 344 g/mol. The summed E-state index contributed by atoms with van der Waals surface area (Å²) in [6.07, 6.45) is 0. The molecule has 1 aromatic heterocycles. The number of nitrogens with zero attached hydrogens (tertiary/aromatic N) is 2. The second-order valence-corrected chi connectivity index (χ2v) is 6.90. The maximum absolute atomic E-state index is 6.22. The number of benzene rings is 1. The molecule has 1 aliphatic rings. The molecule has 0 atom stereocenters. The molecule has 5 nitrogen and oxygen atoms in total. The number of thioether (sulfide) groups is 1. The van der Waals surface area contributed by atoms with Gasteiger partial charge < -0.3 is 14.8 Å². The van der Waals surface area contributed by atoms with Gasteiger partial charge in [-0.25, -0.2) is 0 Å². The molecule has 2 aromatic rings. The van der Waals surface area contributed by atoms with Crippen LogP contribution in [0.2, 0.25) is 5.02 Å². The van der Waals surface area contributed by atoms with Gasteiger partial charge in [-0.15, -0.1) is 10.2 Å². The van der Waals surface area contributed by atoms with Crippen LogP contribution < -0.4 is 14.8 Å². The summed E-state index contributed by atoms with van der Waals surface area (Å²) >= 11 is 9.40. The van der Waals surface area contributed by atoms with Crippen LogP contribution in [0.25, 0.3) is 0 Å². The van der Waals surface area contributed by atoms with E-state index >= 15 is 0 Å². The number of hydrogen-bond acceptors (Lipinski definition) is 7. The summed E-state index contributed by atoms with van der Waals surface area (Å²) < 4.78 is 12.0. The van der Waals surface area contributed by atoms with Gasteiger partial charge in [-0.2, -0.15) is 0 Å². The van der Waals surface area contributed by atoms with Gasteiger partial charge in [0.05, 0.1) is 5.02 Å². The summed E-state index contributed by atoms with van der Waals surface area (Å²) in [6, 6.07) is 3.88. The number of halogens is 1. The highest BCUT2D eigenvalue weighted by atomic mass is 35.5.